The summed E-state index contributed by atoms with van der Waals surface area (Å²) in [6.45, 7) is 0. The summed E-state index contributed by atoms with van der Waals surface area (Å²) >= 11 is 3.15. The molecule has 3 rings (SSSR count). The molecule has 2 atom stereocenters. The predicted octanol–water partition coefficient (Wildman–Crippen LogP) is 3.96. The van der Waals surface area contributed by atoms with E-state index in [-0.39, 0.29) is 11.7 Å². The van der Waals surface area contributed by atoms with Crippen molar-refractivity contribution in [1.29, 1.82) is 0 Å². The Balaban J connectivity index is 1.88. The fourth-order valence-electron chi connectivity index (χ4n) is 2.51. The van der Waals surface area contributed by atoms with Crippen molar-refractivity contribution >= 4 is 15.9 Å². The highest BCUT2D eigenvalue weighted by Crippen LogP contribution is 2.43. The maximum Gasteiger partial charge on any atom is 0.137 e. The average molecular weight is 307 g/mol. The van der Waals surface area contributed by atoms with Crippen LogP contribution in [0.3, 0.4) is 0 Å². The fraction of sp³-hybridized carbons (Fsp3) is 0.200. The molecule has 1 nitrogen and oxygen atoms in total. The van der Waals surface area contributed by atoms with Crippen LogP contribution in [-0.2, 0) is 6.42 Å². The number of aliphatic hydroxyl groups excluding tert-OH is 1. The number of fused-ring (bicyclic) bond motifs is 1. The number of benzene rings is 2. The summed E-state index contributed by atoms with van der Waals surface area (Å²) in [5.41, 5.74) is 3.25. The van der Waals surface area contributed by atoms with Crippen molar-refractivity contribution in [2.75, 3.05) is 0 Å². The van der Waals surface area contributed by atoms with E-state index in [4.69, 9.17) is 0 Å². The minimum Gasteiger partial charge on any atom is -0.388 e. The van der Waals surface area contributed by atoms with Gasteiger partial charge in [-0.2, -0.15) is 0 Å². The van der Waals surface area contributed by atoms with Crippen molar-refractivity contribution in [2.45, 2.75) is 18.4 Å². The van der Waals surface area contributed by atoms with Crippen LogP contribution in [0.5, 0.6) is 0 Å². The maximum absolute atomic E-state index is 13.2. The van der Waals surface area contributed by atoms with Crippen molar-refractivity contribution in [3.63, 3.8) is 0 Å². The minimum atomic E-state index is -0.572. The molecule has 0 fully saturated rings. The standard InChI is InChI=1S/C15H12BrFO/c16-13-8-10(5-6-14(13)17)15(18)12-7-9-3-1-2-4-11(9)12/h1-6,8,12,15,18H,7H2. The molecule has 0 radical (unpaired) electrons. The third-order valence-corrected chi connectivity index (χ3v) is 4.17. The van der Waals surface area contributed by atoms with Gasteiger partial charge in [-0.25, -0.2) is 4.39 Å². The first kappa shape index (κ1) is 11.9. The Morgan fingerprint density at radius 3 is 2.72 bits per heavy atom. The molecule has 1 N–H and O–H groups in total. The molecule has 2 unspecified atom stereocenters. The Bertz CT molecular complexity index is 597. The second kappa shape index (κ2) is 4.48. The van der Waals surface area contributed by atoms with Gasteiger partial charge < -0.3 is 5.11 Å². The zero-order chi connectivity index (χ0) is 12.7. The van der Waals surface area contributed by atoms with Gasteiger partial charge in [0.15, 0.2) is 0 Å². The van der Waals surface area contributed by atoms with Crippen molar-refractivity contribution in [1.82, 2.24) is 0 Å². The van der Waals surface area contributed by atoms with Gasteiger partial charge in [-0.05, 0) is 51.2 Å². The van der Waals surface area contributed by atoms with Gasteiger partial charge in [0.1, 0.15) is 5.82 Å². The van der Waals surface area contributed by atoms with Crippen LogP contribution in [0.2, 0.25) is 0 Å². The van der Waals surface area contributed by atoms with E-state index in [1.807, 2.05) is 18.2 Å². The largest absolute Gasteiger partial charge is 0.388 e. The quantitative estimate of drug-likeness (QED) is 0.890. The number of rotatable bonds is 2. The van der Waals surface area contributed by atoms with E-state index in [9.17, 15) is 9.50 Å². The van der Waals surface area contributed by atoms with Gasteiger partial charge in [0.05, 0.1) is 10.6 Å². The Hall–Kier alpha value is -1.19. The molecule has 0 amide bonds. The van der Waals surface area contributed by atoms with E-state index in [1.165, 1.54) is 17.2 Å². The Labute approximate surface area is 113 Å². The van der Waals surface area contributed by atoms with Gasteiger partial charge >= 0.3 is 0 Å². The monoisotopic (exact) mass is 306 g/mol. The molecule has 0 saturated carbocycles. The van der Waals surface area contributed by atoms with E-state index in [0.717, 1.165) is 12.0 Å². The highest BCUT2D eigenvalue weighted by atomic mass is 79.9. The van der Waals surface area contributed by atoms with Crippen molar-refractivity contribution in [2.24, 2.45) is 0 Å². The summed E-state index contributed by atoms with van der Waals surface area (Å²) in [6.07, 6.45) is 0.309. The SMILES string of the molecule is OC(c1ccc(F)c(Br)c1)C1Cc2ccccc21. The van der Waals surface area contributed by atoms with E-state index in [1.54, 1.807) is 12.1 Å². The molecule has 2 aromatic carbocycles. The molecule has 0 aliphatic heterocycles. The van der Waals surface area contributed by atoms with Crippen molar-refractivity contribution < 1.29 is 9.50 Å². The smallest absolute Gasteiger partial charge is 0.137 e. The zero-order valence-corrected chi connectivity index (χ0v) is 11.2. The molecule has 18 heavy (non-hydrogen) atoms. The molecule has 0 heterocycles. The Morgan fingerprint density at radius 1 is 1.22 bits per heavy atom. The van der Waals surface area contributed by atoms with E-state index in [2.05, 4.69) is 22.0 Å². The van der Waals surface area contributed by atoms with Crippen LogP contribution in [0.25, 0.3) is 0 Å². The molecule has 0 spiro atoms. The van der Waals surface area contributed by atoms with Crippen LogP contribution in [-0.4, -0.2) is 5.11 Å². The first-order valence-electron chi connectivity index (χ1n) is 5.87. The maximum atomic E-state index is 13.2. The summed E-state index contributed by atoms with van der Waals surface area (Å²) < 4.78 is 13.6. The summed E-state index contributed by atoms with van der Waals surface area (Å²) in [5.74, 6) is -0.182. The molecule has 1 aliphatic carbocycles. The van der Waals surface area contributed by atoms with Gasteiger partial charge in [0, 0.05) is 5.92 Å². The number of aliphatic hydroxyl groups is 1. The summed E-state index contributed by atoms with van der Waals surface area (Å²) in [4.78, 5) is 0. The van der Waals surface area contributed by atoms with Crippen molar-refractivity contribution in [3.05, 3.63) is 69.4 Å². The summed E-state index contributed by atoms with van der Waals surface area (Å²) in [5, 5.41) is 10.4. The van der Waals surface area contributed by atoms with Crippen LogP contribution in [0.4, 0.5) is 4.39 Å². The van der Waals surface area contributed by atoms with Gasteiger partial charge in [-0.3, -0.25) is 0 Å². The van der Waals surface area contributed by atoms with Gasteiger partial charge in [0.2, 0.25) is 0 Å². The van der Waals surface area contributed by atoms with Crippen LogP contribution < -0.4 is 0 Å². The minimum absolute atomic E-state index is 0.124. The molecule has 1 aliphatic rings. The lowest BCUT2D eigenvalue weighted by atomic mass is 9.73. The first-order valence-corrected chi connectivity index (χ1v) is 6.67. The topological polar surface area (TPSA) is 20.2 Å². The molecule has 2 aromatic rings. The lowest BCUT2D eigenvalue weighted by Crippen LogP contribution is -2.23. The average Bonchev–Trinajstić information content (AvgIpc) is 2.34. The molecular formula is C15H12BrFO. The fourth-order valence-corrected chi connectivity index (χ4v) is 2.90. The van der Waals surface area contributed by atoms with E-state index in [0.29, 0.717) is 4.47 Å². The lowest BCUT2D eigenvalue weighted by Gasteiger charge is -2.34. The van der Waals surface area contributed by atoms with Gasteiger partial charge in [-0.1, -0.05) is 30.3 Å². The van der Waals surface area contributed by atoms with Crippen LogP contribution in [0, 0.1) is 5.82 Å². The molecule has 92 valence electrons. The second-order valence-corrected chi connectivity index (χ2v) is 5.48. The van der Waals surface area contributed by atoms with Crippen LogP contribution >= 0.6 is 15.9 Å². The summed E-state index contributed by atoms with van der Waals surface area (Å²) in [7, 11) is 0. The normalized spacial score (nSPS) is 18.9. The predicted molar refractivity (Wildman–Crippen MR) is 71.9 cm³/mol. The zero-order valence-electron chi connectivity index (χ0n) is 9.61. The second-order valence-electron chi connectivity index (χ2n) is 4.63. The highest BCUT2D eigenvalue weighted by Gasteiger charge is 2.32. The number of hydrogen-bond acceptors (Lipinski definition) is 1. The number of hydrogen-bond donors (Lipinski definition) is 1. The van der Waals surface area contributed by atoms with E-state index < -0.39 is 6.10 Å². The molecule has 0 bridgehead atoms. The van der Waals surface area contributed by atoms with Gasteiger partial charge in [0.25, 0.3) is 0 Å². The third-order valence-electron chi connectivity index (χ3n) is 3.56. The molecule has 0 aromatic heterocycles. The lowest BCUT2D eigenvalue weighted by molar-refractivity contribution is 0.134. The van der Waals surface area contributed by atoms with Crippen LogP contribution in [0.1, 0.15) is 28.7 Å². The molecule has 0 saturated heterocycles. The molecule has 3 heteroatoms. The highest BCUT2D eigenvalue weighted by molar-refractivity contribution is 9.10. The van der Waals surface area contributed by atoms with Gasteiger partial charge in [-0.15, -0.1) is 0 Å². The Morgan fingerprint density at radius 2 is 2.00 bits per heavy atom. The molecular weight excluding hydrogens is 295 g/mol. The summed E-state index contributed by atoms with van der Waals surface area (Å²) in [6, 6.07) is 12.8. The van der Waals surface area contributed by atoms with E-state index >= 15 is 0 Å². The van der Waals surface area contributed by atoms with Crippen LogP contribution in [0.15, 0.2) is 46.9 Å². The number of halogens is 2. The Kier molecular flexibility index (Phi) is 2.96. The van der Waals surface area contributed by atoms with Crippen molar-refractivity contribution in [3.8, 4) is 0 Å². The first-order chi connectivity index (χ1) is 8.66. The third kappa shape index (κ3) is 1.88.